The second-order valence-electron chi connectivity index (χ2n) is 4.61. The quantitative estimate of drug-likeness (QED) is 0.833. The van der Waals surface area contributed by atoms with Gasteiger partial charge in [0.15, 0.2) is 0 Å². The van der Waals surface area contributed by atoms with Crippen molar-refractivity contribution in [2.24, 2.45) is 0 Å². The lowest BCUT2D eigenvalue weighted by molar-refractivity contribution is 0.684. The first-order valence-corrected chi connectivity index (χ1v) is 5.95. The van der Waals surface area contributed by atoms with Gasteiger partial charge in [-0.3, -0.25) is 4.98 Å². The Hall–Kier alpha value is -1.60. The molecule has 0 saturated carbocycles. The molecule has 1 atom stereocenters. The second-order valence-corrected chi connectivity index (χ2v) is 4.61. The Bertz CT molecular complexity index is 455. The van der Waals surface area contributed by atoms with Gasteiger partial charge in [0.05, 0.1) is 16.9 Å². The van der Waals surface area contributed by atoms with E-state index in [1.54, 1.807) is 0 Å². The zero-order valence-electron chi connectivity index (χ0n) is 10.6. The van der Waals surface area contributed by atoms with Crippen LogP contribution in [0, 0.1) is 25.2 Å². The number of nitrogens with zero attached hydrogens (tertiary/aromatic N) is 3. The van der Waals surface area contributed by atoms with E-state index in [2.05, 4.69) is 28.3 Å². The van der Waals surface area contributed by atoms with E-state index in [-0.39, 0.29) is 0 Å². The molecule has 2 heterocycles. The van der Waals surface area contributed by atoms with Gasteiger partial charge in [-0.25, -0.2) is 0 Å². The number of pyridine rings is 1. The molecule has 2 rings (SSSR count). The Kier molecular flexibility index (Phi) is 3.30. The average Bonchev–Trinajstić information content (AvgIpc) is 2.80. The van der Waals surface area contributed by atoms with E-state index in [0.29, 0.717) is 11.6 Å². The summed E-state index contributed by atoms with van der Waals surface area (Å²) < 4.78 is 0. The Balaban J connectivity index is 2.39. The summed E-state index contributed by atoms with van der Waals surface area (Å²) >= 11 is 0. The van der Waals surface area contributed by atoms with Crippen molar-refractivity contribution >= 4 is 5.69 Å². The van der Waals surface area contributed by atoms with Crippen molar-refractivity contribution in [3.63, 3.8) is 0 Å². The van der Waals surface area contributed by atoms with E-state index in [4.69, 9.17) is 0 Å². The normalized spacial score (nSPS) is 19.1. The topological polar surface area (TPSA) is 52.0 Å². The maximum atomic E-state index is 9.25. The molecule has 17 heavy (non-hydrogen) atoms. The number of aryl methyl sites for hydroxylation is 2. The number of likely N-dealkylation sites (N-methyl/N-ethyl adjacent to an activating group) is 1. The lowest BCUT2D eigenvalue weighted by atomic mass is 10.1. The third kappa shape index (κ3) is 2.25. The minimum Gasteiger partial charge on any atom is -0.369 e. The highest BCUT2D eigenvalue weighted by atomic mass is 15.2. The molecular formula is C13H18N4. The van der Waals surface area contributed by atoms with E-state index in [1.807, 2.05) is 19.9 Å². The van der Waals surface area contributed by atoms with Gasteiger partial charge in [-0.1, -0.05) is 0 Å². The first-order chi connectivity index (χ1) is 8.13. The second kappa shape index (κ2) is 4.72. The Morgan fingerprint density at radius 2 is 2.29 bits per heavy atom. The highest BCUT2D eigenvalue weighted by Crippen LogP contribution is 2.25. The molecule has 0 aliphatic carbocycles. The standard InChI is InChI=1S/C13H18N4/c1-9-6-13(12(7-14)10(2)16-9)17(3)11-4-5-15-8-11/h6,11,15H,4-5,8H2,1-3H3. The van der Waals surface area contributed by atoms with E-state index in [9.17, 15) is 5.26 Å². The molecule has 1 fully saturated rings. The van der Waals surface area contributed by atoms with Crippen molar-refractivity contribution in [2.75, 3.05) is 25.0 Å². The third-order valence-electron chi connectivity index (χ3n) is 3.38. The SMILES string of the molecule is Cc1cc(N(C)C2CCNC2)c(C#N)c(C)n1. The van der Waals surface area contributed by atoms with Crippen LogP contribution in [0.3, 0.4) is 0 Å². The molecule has 1 N–H and O–H groups in total. The van der Waals surface area contributed by atoms with Gasteiger partial charge < -0.3 is 10.2 Å². The number of nitrogens with one attached hydrogen (secondary N) is 1. The summed E-state index contributed by atoms with van der Waals surface area (Å²) in [6.07, 6.45) is 1.13. The number of hydrogen-bond acceptors (Lipinski definition) is 4. The maximum Gasteiger partial charge on any atom is 0.103 e. The highest BCUT2D eigenvalue weighted by Gasteiger charge is 2.22. The van der Waals surface area contributed by atoms with Crippen LogP contribution in [0.4, 0.5) is 5.69 Å². The van der Waals surface area contributed by atoms with Crippen LogP contribution in [0.25, 0.3) is 0 Å². The molecule has 0 aromatic carbocycles. The molecular weight excluding hydrogens is 212 g/mol. The maximum absolute atomic E-state index is 9.25. The van der Waals surface area contributed by atoms with Crippen molar-refractivity contribution in [3.8, 4) is 6.07 Å². The van der Waals surface area contributed by atoms with Crippen LogP contribution in [-0.4, -0.2) is 31.2 Å². The smallest absolute Gasteiger partial charge is 0.103 e. The van der Waals surface area contributed by atoms with Gasteiger partial charge in [0.2, 0.25) is 0 Å². The highest BCUT2D eigenvalue weighted by molar-refractivity contribution is 5.61. The summed E-state index contributed by atoms with van der Waals surface area (Å²) in [5.74, 6) is 0. The molecule has 1 saturated heterocycles. The summed E-state index contributed by atoms with van der Waals surface area (Å²) in [4.78, 5) is 6.56. The fraction of sp³-hybridized carbons (Fsp3) is 0.538. The summed E-state index contributed by atoms with van der Waals surface area (Å²) in [5.41, 5.74) is 3.49. The third-order valence-corrected chi connectivity index (χ3v) is 3.38. The van der Waals surface area contributed by atoms with Crippen molar-refractivity contribution in [2.45, 2.75) is 26.3 Å². The molecule has 1 aromatic rings. The van der Waals surface area contributed by atoms with Crippen LogP contribution in [-0.2, 0) is 0 Å². The number of aromatic nitrogens is 1. The van der Waals surface area contributed by atoms with Crippen molar-refractivity contribution < 1.29 is 0 Å². The molecule has 0 spiro atoms. The molecule has 0 bridgehead atoms. The molecule has 4 heteroatoms. The van der Waals surface area contributed by atoms with Crippen LogP contribution in [0.1, 0.15) is 23.4 Å². The minimum atomic E-state index is 0.475. The van der Waals surface area contributed by atoms with Gasteiger partial charge in [0, 0.05) is 25.3 Å². The van der Waals surface area contributed by atoms with Crippen molar-refractivity contribution in [1.82, 2.24) is 10.3 Å². The molecule has 1 unspecified atom stereocenters. The summed E-state index contributed by atoms with van der Waals surface area (Å²) in [6, 6.07) is 4.75. The Morgan fingerprint density at radius 1 is 1.53 bits per heavy atom. The van der Waals surface area contributed by atoms with E-state index < -0.39 is 0 Å². The number of nitriles is 1. The van der Waals surface area contributed by atoms with Crippen LogP contribution in [0.2, 0.25) is 0 Å². The van der Waals surface area contributed by atoms with E-state index >= 15 is 0 Å². The first kappa shape index (κ1) is 11.9. The fourth-order valence-corrected chi connectivity index (χ4v) is 2.39. The average molecular weight is 230 g/mol. The Labute approximate surface area is 102 Å². The zero-order chi connectivity index (χ0) is 12.4. The predicted octanol–water partition coefficient (Wildman–Crippen LogP) is 1.37. The molecule has 0 amide bonds. The molecule has 1 aliphatic rings. The van der Waals surface area contributed by atoms with E-state index in [1.165, 1.54) is 0 Å². The van der Waals surface area contributed by atoms with Gasteiger partial charge >= 0.3 is 0 Å². The monoisotopic (exact) mass is 230 g/mol. The molecule has 90 valence electrons. The van der Waals surface area contributed by atoms with Gasteiger partial charge in [0.1, 0.15) is 6.07 Å². The van der Waals surface area contributed by atoms with Gasteiger partial charge in [0.25, 0.3) is 0 Å². The predicted molar refractivity (Wildman–Crippen MR) is 68.1 cm³/mol. The fourth-order valence-electron chi connectivity index (χ4n) is 2.39. The summed E-state index contributed by atoms with van der Waals surface area (Å²) in [7, 11) is 2.06. The number of rotatable bonds is 2. The molecule has 4 nitrogen and oxygen atoms in total. The number of anilines is 1. The van der Waals surface area contributed by atoms with Crippen LogP contribution < -0.4 is 10.2 Å². The molecule has 1 aliphatic heterocycles. The zero-order valence-corrected chi connectivity index (χ0v) is 10.6. The van der Waals surface area contributed by atoms with Crippen LogP contribution in [0.15, 0.2) is 6.07 Å². The van der Waals surface area contributed by atoms with Gasteiger partial charge in [-0.15, -0.1) is 0 Å². The van der Waals surface area contributed by atoms with Crippen molar-refractivity contribution in [1.29, 1.82) is 5.26 Å². The van der Waals surface area contributed by atoms with E-state index in [0.717, 1.165) is 36.6 Å². The van der Waals surface area contributed by atoms with Gasteiger partial charge in [-0.05, 0) is 32.9 Å². The van der Waals surface area contributed by atoms with Crippen LogP contribution in [0.5, 0.6) is 0 Å². The summed E-state index contributed by atoms with van der Waals surface area (Å²) in [5, 5.41) is 12.6. The lowest BCUT2D eigenvalue weighted by Crippen LogP contribution is -2.34. The summed E-state index contributed by atoms with van der Waals surface area (Å²) in [6.45, 7) is 5.91. The molecule has 1 aromatic heterocycles. The molecule has 0 radical (unpaired) electrons. The largest absolute Gasteiger partial charge is 0.369 e. The minimum absolute atomic E-state index is 0.475. The van der Waals surface area contributed by atoms with Crippen molar-refractivity contribution in [3.05, 3.63) is 23.0 Å². The first-order valence-electron chi connectivity index (χ1n) is 5.95. The Morgan fingerprint density at radius 3 is 2.88 bits per heavy atom. The van der Waals surface area contributed by atoms with Gasteiger partial charge in [-0.2, -0.15) is 5.26 Å². The lowest BCUT2D eigenvalue weighted by Gasteiger charge is -2.27. The number of hydrogen-bond donors (Lipinski definition) is 1. The van der Waals surface area contributed by atoms with Crippen LogP contribution >= 0.6 is 0 Å².